The SMILES string of the molecule is O=C(c1ccc2ccccc2c1)C(F)(F)Br. The zero-order valence-corrected chi connectivity index (χ0v) is 9.67. The molecule has 0 aliphatic heterocycles. The Labute approximate surface area is 99.2 Å². The number of Topliss-reactive ketones (excluding diaryl/α,β-unsaturated/α-hetero) is 1. The van der Waals surface area contributed by atoms with Gasteiger partial charge in [0.15, 0.2) is 0 Å². The summed E-state index contributed by atoms with van der Waals surface area (Å²) in [7, 11) is 0. The van der Waals surface area contributed by atoms with Gasteiger partial charge in [-0.25, -0.2) is 0 Å². The van der Waals surface area contributed by atoms with Crippen molar-refractivity contribution in [2.45, 2.75) is 4.83 Å². The van der Waals surface area contributed by atoms with Gasteiger partial charge in [0, 0.05) is 5.56 Å². The zero-order valence-electron chi connectivity index (χ0n) is 8.08. The molecule has 2 aromatic carbocycles. The predicted octanol–water partition coefficient (Wildman–Crippen LogP) is 4.01. The van der Waals surface area contributed by atoms with E-state index in [1.807, 2.05) is 12.1 Å². The van der Waals surface area contributed by atoms with Crippen LogP contribution in [-0.2, 0) is 0 Å². The Balaban J connectivity index is 2.52. The summed E-state index contributed by atoms with van der Waals surface area (Å²) in [6.07, 6.45) is 0. The Kier molecular flexibility index (Phi) is 2.76. The Hall–Kier alpha value is -1.29. The van der Waals surface area contributed by atoms with Crippen LogP contribution in [0.4, 0.5) is 8.78 Å². The lowest BCUT2D eigenvalue weighted by Crippen LogP contribution is -2.20. The quantitative estimate of drug-likeness (QED) is 0.602. The normalized spacial score (nSPS) is 11.7. The first-order chi connectivity index (χ1) is 7.48. The van der Waals surface area contributed by atoms with Crippen molar-refractivity contribution in [3.63, 3.8) is 0 Å². The number of rotatable bonds is 2. The van der Waals surface area contributed by atoms with Crippen molar-refractivity contribution >= 4 is 32.5 Å². The molecule has 0 spiro atoms. The Morgan fingerprint density at radius 1 is 1.06 bits per heavy atom. The highest BCUT2D eigenvalue weighted by Crippen LogP contribution is 2.28. The summed E-state index contributed by atoms with van der Waals surface area (Å²) in [6.45, 7) is 0. The van der Waals surface area contributed by atoms with Gasteiger partial charge in [0.25, 0.3) is 0 Å². The summed E-state index contributed by atoms with van der Waals surface area (Å²) in [6, 6.07) is 11.8. The summed E-state index contributed by atoms with van der Waals surface area (Å²) in [5, 5.41) is 1.68. The predicted molar refractivity (Wildman–Crippen MR) is 62.2 cm³/mol. The van der Waals surface area contributed by atoms with Crippen LogP contribution in [0.5, 0.6) is 0 Å². The summed E-state index contributed by atoms with van der Waals surface area (Å²) in [5.74, 6) is -1.22. The molecule has 0 saturated heterocycles. The van der Waals surface area contributed by atoms with Gasteiger partial charge in [-0.2, -0.15) is 8.78 Å². The number of ketones is 1. The first-order valence-electron chi connectivity index (χ1n) is 4.59. The molecular weight excluding hydrogens is 278 g/mol. The zero-order chi connectivity index (χ0) is 11.8. The second-order valence-electron chi connectivity index (χ2n) is 3.39. The van der Waals surface area contributed by atoms with E-state index in [0.717, 1.165) is 10.8 Å². The Morgan fingerprint density at radius 2 is 1.69 bits per heavy atom. The van der Waals surface area contributed by atoms with Crippen LogP contribution in [0.15, 0.2) is 42.5 Å². The molecule has 0 atom stereocenters. The van der Waals surface area contributed by atoms with Gasteiger partial charge in [0.1, 0.15) is 0 Å². The van der Waals surface area contributed by atoms with Gasteiger partial charge in [-0.05, 0) is 32.8 Å². The molecule has 0 aliphatic rings. The van der Waals surface area contributed by atoms with Crippen LogP contribution < -0.4 is 0 Å². The number of hydrogen-bond acceptors (Lipinski definition) is 1. The van der Waals surface area contributed by atoms with Crippen molar-refractivity contribution < 1.29 is 13.6 Å². The van der Waals surface area contributed by atoms with Gasteiger partial charge in [0.2, 0.25) is 5.78 Å². The molecule has 0 amide bonds. The summed E-state index contributed by atoms with van der Waals surface area (Å²) in [4.78, 5) is 7.81. The first-order valence-corrected chi connectivity index (χ1v) is 5.38. The molecule has 0 saturated carbocycles. The largest absolute Gasteiger partial charge is 0.363 e. The third-order valence-corrected chi connectivity index (χ3v) is 2.63. The van der Waals surface area contributed by atoms with Crippen molar-refractivity contribution in [3.05, 3.63) is 48.0 Å². The lowest BCUT2D eigenvalue weighted by Gasteiger charge is -2.07. The van der Waals surface area contributed by atoms with Crippen LogP contribution in [-0.4, -0.2) is 10.6 Å². The maximum atomic E-state index is 12.8. The fourth-order valence-corrected chi connectivity index (χ4v) is 1.72. The monoisotopic (exact) mass is 284 g/mol. The average molecular weight is 285 g/mol. The molecule has 0 bridgehead atoms. The fraction of sp³-hybridized carbons (Fsp3) is 0.0833. The van der Waals surface area contributed by atoms with Crippen molar-refractivity contribution in [2.75, 3.05) is 0 Å². The van der Waals surface area contributed by atoms with Crippen molar-refractivity contribution in [3.8, 4) is 0 Å². The summed E-state index contributed by atoms with van der Waals surface area (Å²) >= 11 is 2.06. The van der Waals surface area contributed by atoms with Gasteiger partial charge in [-0.3, -0.25) is 4.79 Å². The highest BCUT2D eigenvalue weighted by Gasteiger charge is 2.35. The van der Waals surface area contributed by atoms with Crippen LogP contribution in [0.2, 0.25) is 0 Å². The average Bonchev–Trinajstić information content (AvgIpc) is 2.26. The van der Waals surface area contributed by atoms with E-state index in [9.17, 15) is 13.6 Å². The molecule has 4 heteroatoms. The molecule has 2 rings (SSSR count). The second kappa shape index (κ2) is 3.94. The van der Waals surface area contributed by atoms with E-state index in [1.165, 1.54) is 12.1 Å². The second-order valence-corrected chi connectivity index (χ2v) is 4.38. The van der Waals surface area contributed by atoms with E-state index < -0.39 is 10.6 Å². The van der Waals surface area contributed by atoms with E-state index in [1.54, 1.807) is 18.2 Å². The van der Waals surface area contributed by atoms with Crippen LogP contribution in [0, 0.1) is 0 Å². The molecule has 2 aromatic rings. The van der Waals surface area contributed by atoms with Gasteiger partial charge in [0.05, 0.1) is 0 Å². The fourth-order valence-electron chi connectivity index (χ4n) is 1.49. The third kappa shape index (κ3) is 2.11. The van der Waals surface area contributed by atoms with Gasteiger partial charge < -0.3 is 0 Å². The van der Waals surface area contributed by atoms with Crippen LogP contribution >= 0.6 is 15.9 Å². The molecular formula is C12H7BrF2O. The van der Waals surface area contributed by atoms with E-state index in [2.05, 4.69) is 15.9 Å². The minimum Gasteiger partial charge on any atom is -0.286 e. The number of fused-ring (bicyclic) bond motifs is 1. The van der Waals surface area contributed by atoms with Crippen molar-refractivity contribution in [1.82, 2.24) is 0 Å². The highest BCUT2D eigenvalue weighted by molar-refractivity contribution is 9.10. The molecule has 1 nitrogen and oxygen atoms in total. The lowest BCUT2D eigenvalue weighted by molar-refractivity contribution is 0.0593. The van der Waals surface area contributed by atoms with Crippen LogP contribution in [0.1, 0.15) is 10.4 Å². The number of carbonyl (C=O) groups excluding carboxylic acids is 1. The Morgan fingerprint density at radius 3 is 2.31 bits per heavy atom. The maximum absolute atomic E-state index is 12.8. The minimum atomic E-state index is -3.50. The molecule has 0 unspecified atom stereocenters. The first kappa shape index (κ1) is 11.2. The summed E-state index contributed by atoms with van der Waals surface area (Å²) in [5.41, 5.74) is 0.000532. The number of carbonyl (C=O) groups is 1. The lowest BCUT2D eigenvalue weighted by atomic mass is 10.0. The number of benzene rings is 2. The van der Waals surface area contributed by atoms with E-state index in [4.69, 9.17) is 0 Å². The molecule has 0 aliphatic carbocycles. The van der Waals surface area contributed by atoms with Gasteiger partial charge in [-0.1, -0.05) is 36.4 Å². The van der Waals surface area contributed by atoms with Crippen LogP contribution in [0.3, 0.4) is 0 Å². The smallest absolute Gasteiger partial charge is 0.286 e. The molecule has 0 fully saturated rings. The van der Waals surface area contributed by atoms with E-state index in [-0.39, 0.29) is 5.56 Å². The number of alkyl halides is 3. The number of halogens is 3. The third-order valence-electron chi connectivity index (χ3n) is 2.27. The number of hydrogen-bond donors (Lipinski definition) is 0. The molecule has 0 radical (unpaired) electrons. The molecule has 0 heterocycles. The molecule has 0 aromatic heterocycles. The molecule has 82 valence electrons. The van der Waals surface area contributed by atoms with Gasteiger partial charge >= 0.3 is 4.83 Å². The van der Waals surface area contributed by atoms with E-state index in [0.29, 0.717) is 0 Å². The van der Waals surface area contributed by atoms with E-state index >= 15 is 0 Å². The van der Waals surface area contributed by atoms with Crippen LogP contribution in [0.25, 0.3) is 10.8 Å². The minimum absolute atomic E-state index is 0.000532. The summed E-state index contributed by atoms with van der Waals surface area (Å²) < 4.78 is 25.5. The maximum Gasteiger partial charge on any atom is 0.363 e. The van der Waals surface area contributed by atoms with Crippen molar-refractivity contribution in [2.24, 2.45) is 0 Å². The standard InChI is InChI=1S/C12H7BrF2O/c13-12(14,15)11(16)10-6-5-8-3-1-2-4-9(8)7-10/h1-7H. The highest BCUT2D eigenvalue weighted by atomic mass is 79.9. The van der Waals surface area contributed by atoms with Crippen molar-refractivity contribution in [1.29, 1.82) is 0 Å². The topological polar surface area (TPSA) is 17.1 Å². The molecule has 16 heavy (non-hydrogen) atoms. The Bertz CT molecular complexity index is 546. The molecule has 0 N–H and O–H groups in total. The van der Waals surface area contributed by atoms with Gasteiger partial charge in [-0.15, -0.1) is 0 Å².